The normalized spacial score (nSPS) is 13.1. The van der Waals surface area contributed by atoms with Gasteiger partial charge < -0.3 is 5.73 Å². The van der Waals surface area contributed by atoms with Crippen molar-refractivity contribution in [2.45, 2.75) is 19.8 Å². The third kappa shape index (κ3) is 5.63. The van der Waals surface area contributed by atoms with Gasteiger partial charge in [-0.15, -0.1) is 11.6 Å². The molecule has 0 fully saturated rings. The Morgan fingerprint density at radius 3 is 2.67 bits per heavy atom. The largest absolute Gasteiger partial charge is 0.370 e. The molecule has 0 heterocycles. The molecule has 2 nitrogen and oxygen atoms in total. The van der Waals surface area contributed by atoms with Gasteiger partial charge in [0.15, 0.2) is 0 Å². The van der Waals surface area contributed by atoms with Gasteiger partial charge in [-0.2, -0.15) is 0 Å². The van der Waals surface area contributed by atoms with Gasteiger partial charge in [-0.25, -0.2) is 0 Å². The highest BCUT2D eigenvalue weighted by atomic mass is 35.5. The fourth-order valence-corrected chi connectivity index (χ4v) is 1.00. The minimum absolute atomic E-state index is 0.243. The first-order chi connectivity index (χ1) is 4.16. The van der Waals surface area contributed by atoms with Crippen molar-refractivity contribution in [1.29, 1.82) is 0 Å². The highest BCUT2D eigenvalue weighted by Gasteiger charge is 2.03. The van der Waals surface area contributed by atoms with Crippen molar-refractivity contribution in [3.05, 3.63) is 0 Å². The fourth-order valence-electron chi connectivity index (χ4n) is 0.632. The zero-order valence-electron chi connectivity index (χ0n) is 5.56. The van der Waals surface area contributed by atoms with Crippen molar-refractivity contribution in [2.75, 3.05) is 5.88 Å². The lowest BCUT2D eigenvalue weighted by Crippen LogP contribution is -2.14. The SMILES string of the molecule is CC(CCCl)CC(N)=O. The molecule has 54 valence electrons. The van der Waals surface area contributed by atoms with E-state index in [0.29, 0.717) is 18.2 Å². The van der Waals surface area contributed by atoms with E-state index in [0.717, 1.165) is 6.42 Å². The van der Waals surface area contributed by atoms with Crippen LogP contribution in [0.25, 0.3) is 0 Å². The first-order valence-electron chi connectivity index (χ1n) is 3.01. The van der Waals surface area contributed by atoms with Crippen LogP contribution in [0.5, 0.6) is 0 Å². The first kappa shape index (κ1) is 8.76. The summed E-state index contributed by atoms with van der Waals surface area (Å²) in [5.41, 5.74) is 4.94. The number of halogens is 1. The van der Waals surface area contributed by atoms with E-state index in [2.05, 4.69) is 0 Å². The number of hydrogen-bond donors (Lipinski definition) is 1. The van der Waals surface area contributed by atoms with E-state index in [9.17, 15) is 4.79 Å². The summed E-state index contributed by atoms with van der Waals surface area (Å²) in [6.07, 6.45) is 1.32. The third-order valence-corrected chi connectivity index (χ3v) is 1.37. The second-order valence-electron chi connectivity index (χ2n) is 2.25. The highest BCUT2D eigenvalue weighted by molar-refractivity contribution is 6.17. The van der Waals surface area contributed by atoms with Gasteiger partial charge in [0, 0.05) is 12.3 Å². The Balaban J connectivity index is 3.26. The Morgan fingerprint density at radius 1 is 1.78 bits per heavy atom. The van der Waals surface area contributed by atoms with Crippen LogP contribution in [0.15, 0.2) is 0 Å². The van der Waals surface area contributed by atoms with Crippen molar-refractivity contribution in [2.24, 2.45) is 11.7 Å². The maximum atomic E-state index is 10.3. The third-order valence-electron chi connectivity index (χ3n) is 1.15. The van der Waals surface area contributed by atoms with Crippen LogP contribution in [-0.2, 0) is 4.79 Å². The van der Waals surface area contributed by atoms with Crippen LogP contribution in [-0.4, -0.2) is 11.8 Å². The van der Waals surface area contributed by atoms with E-state index in [1.54, 1.807) is 0 Å². The Labute approximate surface area is 60.4 Å². The van der Waals surface area contributed by atoms with Crippen molar-refractivity contribution < 1.29 is 4.79 Å². The molecular weight excluding hydrogens is 138 g/mol. The van der Waals surface area contributed by atoms with E-state index in [4.69, 9.17) is 17.3 Å². The fraction of sp³-hybridized carbons (Fsp3) is 0.833. The van der Waals surface area contributed by atoms with Gasteiger partial charge in [0.05, 0.1) is 0 Å². The molecule has 0 aliphatic heterocycles. The maximum absolute atomic E-state index is 10.3. The van der Waals surface area contributed by atoms with E-state index < -0.39 is 0 Å². The topological polar surface area (TPSA) is 43.1 Å². The molecule has 0 aromatic rings. The molecule has 0 aromatic carbocycles. The summed E-state index contributed by atoms with van der Waals surface area (Å²) in [5, 5.41) is 0. The lowest BCUT2D eigenvalue weighted by molar-refractivity contribution is -0.118. The smallest absolute Gasteiger partial charge is 0.217 e. The molecular formula is C6H12ClNO. The predicted octanol–water partition coefficient (Wildman–Crippen LogP) is 1.13. The summed E-state index contributed by atoms with van der Waals surface area (Å²) in [7, 11) is 0. The van der Waals surface area contributed by atoms with Crippen molar-refractivity contribution in [1.82, 2.24) is 0 Å². The number of carbonyl (C=O) groups excluding carboxylic acids is 1. The van der Waals surface area contributed by atoms with Gasteiger partial charge in [0.2, 0.25) is 5.91 Å². The average molecular weight is 150 g/mol. The molecule has 0 spiro atoms. The van der Waals surface area contributed by atoms with E-state index in [-0.39, 0.29) is 5.91 Å². The lowest BCUT2D eigenvalue weighted by Gasteiger charge is -2.03. The Bertz CT molecular complexity index is 95.1. The molecule has 1 amide bonds. The van der Waals surface area contributed by atoms with Crippen LogP contribution in [0.2, 0.25) is 0 Å². The average Bonchev–Trinajstić information content (AvgIpc) is 1.63. The predicted molar refractivity (Wildman–Crippen MR) is 38.3 cm³/mol. The number of nitrogens with two attached hydrogens (primary N) is 1. The summed E-state index contributed by atoms with van der Waals surface area (Å²) in [6, 6.07) is 0. The van der Waals surface area contributed by atoms with Gasteiger partial charge in [0.25, 0.3) is 0 Å². The molecule has 1 unspecified atom stereocenters. The minimum Gasteiger partial charge on any atom is -0.370 e. The van der Waals surface area contributed by atoms with Crippen LogP contribution < -0.4 is 5.73 Å². The second-order valence-corrected chi connectivity index (χ2v) is 2.63. The Morgan fingerprint density at radius 2 is 2.33 bits per heavy atom. The standard InChI is InChI=1S/C6H12ClNO/c1-5(2-3-7)4-6(8)9/h5H,2-4H2,1H3,(H2,8,9). The Hall–Kier alpha value is -0.240. The van der Waals surface area contributed by atoms with Gasteiger partial charge in [-0.05, 0) is 12.3 Å². The van der Waals surface area contributed by atoms with Gasteiger partial charge in [-0.1, -0.05) is 6.92 Å². The van der Waals surface area contributed by atoms with Crippen molar-refractivity contribution in [3.63, 3.8) is 0 Å². The van der Waals surface area contributed by atoms with Crippen LogP contribution in [0.1, 0.15) is 19.8 Å². The quantitative estimate of drug-likeness (QED) is 0.599. The van der Waals surface area contributed by atoms with Crippen LogP contribution in [0, 0.1) is 5.92 Å². The van der Waals surface area contributed by atoms with E-state index >= 15 is 0 Å². The zero-order valence-corrected chi connectivity index (χ0v) is 6.32. The number of carbonyl (C=O) groups is 1. The first-order valence-corrected chi connectivity index (χ1v) is 3.54. The van der Waals surface area contributed by atoms with Gasteiger partial charge in [-0.3, -0.25) is 4.79 Å². The summed E-state index contributed by atoms with van der Waals surface area (Å²) >= 11 is 5.43. The van der Waals surface area contributed by atoms with Crippen LogP contribution in [0.4, 0.5) is 0 Å². The van der Waals surface area contributed by atoms with Crippen molar-refractivity contribution >= 4 is 17.5 Å². The number of alkyl halides is 1. The van der Waals surface area contributed by atoms with Crippen LogP contribution in [0.3, 0.4) is 0 Å². The minimum atomic E-state index is -0.243. The summed E-state index contributed by atoms with van der Waals surface area (Å²) in [6.45, 7) is 1.97. The number of primary amides is 1. The number of amides is 1. The molecule has 0 saturated carbocycles. The van der Waals surface area contributed by atoms with Crippen LogP contribution >= 0.6 is 11.6 Å². The van der Waals surface area contributed by atoms with Crippen molar-refractivity contribution in [3.8, 4) is 0 Å². The molecule has 0 rings (SSSR count). The Kier molecular flexibility index (Phi) is 4.50. The molecule has 0 aromatic heterocycles. The highest BCUT2D eigenvalue weighted by Crippen LogP contribution is 2.06. The monoisotopic (exact) mass is 149 g/mol. The molecule has 0 radical (unpaired) electrons. The molecule has 0 saturated heterocycles. The summed E-state index contributed by atoms with van der Waals surface area (Å²) in [4.78, 5) is 10.3. The number of hydrogen-bond acceptors (Lipinski definition) is 1. The molecule has 9 heavy (non-hydrogen) atoms. The molecule has 2 N–H and O–H groups in total. The zero-order chi connectivity index (χ0) is 7.28. The molecule has 3 heteroatoms. The second kappa shape index (κ2) is 4.62. The molecule has 1 atom stereocenters. The molecule has 0 aliphatic rings. The van der Waals surface area contributed by atoms with E-state index in [1.165, 1.54) is 0 Å². The molecule has 0 bridgehead atoms. The van der Waals surface area contributed by atoms with Gasteiger partial charge >= 0.3 is 0 Å². The molecule has 0 aliphatic carbocycles. The lowest BCUT2D eigenvalue weighted by atomic mass is 10.1. The maximum Gasteiger partial charge on any atom is 0.217 e. The summed E-state index contributed by atoms with van der Waals surface area (Å²) < 4.78 is 0. The van der Waals surface area contributed by atoms with E-state index in [1.807, 2.05) is 6.92 Å². The van der Waals surface area contributed by atoms with Gasteiger partial charge in [0.1, 0.15) is 0 Å². The number of rotatable bonds is 4. The summed E-state index contributed by atoms with van der Waals surface area (Å²) in [5.74, 6) is 0.696.